The molecule has 0 bridgehead atoms. The van der Waals surface area contributed by atoms with Crippen LogP contribution in [0.5, 0.6) is 0 Å². The van der Waals surface area contributed by atoms with Crippen LogP contribution in [0.15, 0.2) is 24.8 Å². The third-order valence-corrected chi connectivity index (χ3v) is 8.91. The number of fused-ring (bicyclic) bond motifs is 5. The van der Waals surface area contributed by atoms with E-state index >= 15 is 0 Å². The Morgan fingerprint density at radius 1 is 1.12 bits per heavy atom. The van der Waals surface area contributed by atoms with Crippen LogP contribution in [0.4, 0.5) is 0 Å². The van der Waals surface area contributed by atoms with Crippen molar-refractivity contribution in [3.05, 3.63) is 24.8 Å². The van der Waals surface area contributed by atoms with Crippen LogP contribution >= 0.6 is 0 Å². The minimum atomic E-state index is -0.0776. The van der Waals surface area contributed by atoms with Crippen LogP contribution in [0.3, 0.4) is 0 Å². The van der Waals surface area contributed by atoms with Crippen molar-refractivity contribution in [3.63, 3.8) is 0 Å². The summed E-state index contributed by atoms with van der Waals surface area (Å²) in [6, 6.07) is 0. The summed E-state index contributed by atoms with van der Waals surface area (Å²) in [5.74, 6) is 2.74. The molecule has 2 unspecified atom stereocenters. The van der Waals surface area contributed by atoms with Crippen molar-refractivity contribution < 1.29 is 5.11 Å². The summed E-state index contributed by atoms with van der Waals surface area (Å²) in [5.41, 5.74) is 2.08. The zero-order valence-corrected chi connectivity index (χ0v) is 15.7. The van der Waals surface area contributed by atoms with Gasteiger partial charge in [0.1, 0.15) is 0 Å². The quantitative estimate of drug-likeness (QED) is 0.802. The summed E-state index contributed by atoms with van der Waals surface area (Å²) in [6.45, 7) is 5.01. The lowest BCUT2D eigenvalue weighted by Crippen LogP contribution is -2.56. The molecule has 3 saturated carbocycles. The lowest BCUT2D eigenvalue weighted by Gasteiger charge is -2.61. The smallest absolute Gasteiger partial charge is 0.0989 e. The van der Waals surface area contributed by atoms with Crippen molar-refractivity contribution in [2.75, 3.05) is 0 Å². The van der Waals surface area contributed by atoms with Crippen molar-refractivity contribution in [1.29, 1.82) is 0 Å². The molecule has 1 heterocycles. The summed E-state index contributed by atoms with van der Waals surface area (Å²) >= 11 is 0. The van der Waals surface area contributed by atoms with Gasteiger partial charge >= 0.3 is 0 Å². The predicted octanol–water partition coefficient (Wildman–Crippen LogP) is 4.74. The van der Waals surface area contributed by atoms with E-state index in [0.717, 1.165) is 12.3 Å². The first-order chi connectivity index (χ1) is 12.0. The first-order valence-corrected chi connectivity index (χ1v) is 10.4. The Bertz CT molecular complexity index is 680. The van der Waals surface area contributed by atoms with Gasteiger partial charge in [0.25, 0.3) is 0 Å². The molecule has 1 aromatic rings. The van der Waals surface area contributed by atoms with Gasteiger partial charge in [-0.3, -0.25) is 0 Å². The van der Waals surface area contributed by atoms with Gasteiger partial charge in [-0.1, -0.05) is 32.8 Å². The topological polar surface area (TPSA) is 38.0 Å². The number of aliphatic hydroxyl groups excluding tert-OH is 1. The molecule has 0 spiro atoms. The number of nitrogens with zero attached hydrogens (tertiary/aromatic N) is 2. The Kier molecular flexibility index (Phi) is 3.51. The van der Waals surface area contributed by atoms with E-state index in [9.17, 15) is 5.11 Å². The Balaban J connectivity index is 1.49. The molecule has 0 radical (unpaired) electrons. The number of imidazole rings is 1. The Morgan fingerprint density at radius 2 is 2.00 bits per heavy atom. The molecule has 3 heteroatoms. The molecule has 5 rings (SSSR count). The van der Waals surface area contributed by atoms with Crippen molar-refractivity contribution in [2.45, 2.75) is 71.3 Å². The van der Waals surface area contributed by atoms with E-state index in [1.54, 1.807) is 0 Å². The number of rotatable bonds is 1. The highest BCUT2D eigenvalue weighted by molar-refractivity contribution is 5.56. The van der Waals surface area contributed by atoms with Gasteiger partial charge in [-0.2, -0.15) is 0 Å². The molecular formula is C22H32N2O. The van der Waals surface area contributed by atoms with Crippen molar-refractivity contribution in [3.8, 4) is 0 Å². The van der Waals surface area contributed by atoms with E-state index in [1.807, 2.05) is 12.5 Å². The fourth-order valence-corrected chi connectivity index (χ4v) is 7.70. The molecule has 3 fully saturated rings. The fraction of sp³-hybridized carbons (Fsp3) is 0.773. The summed E-state index contributed by atoms with van der Waals surface area (Å²) < 4.78 is 2.24. The predicted molar refractivity (Wildman–Crippen MR) is 99.6 cm³/mol. The van der Waals surface area contributed by atoms with Gasteiger partial charge in [0, 0.05) is 23.5 Å². The lowest BCUT2D eigenvalue weighted by atomic mass is 9.44. The van der Waals surface area contributed by atoms with Gasteiger partial charge < -0.3 is 9.67 Å². The zero-order chi connectivity index (χ0) is 17.2. The van der Waals surface area contributed by atoms with Gasteiger partial charge in [0.15, 0.2) is 0 Å². The van der Waals surface area contributed by atoms with Crippen LogP contribution in [0.2, 0.25) is 0 Å². The first-order valence-electron chi connectivity index (χ1n) is 10.4. The first kappa shape index (κ1) is 16.1. The van der Waals surface area contributed by atoms with Gasteiger partial charge in [-0.15, -0.1) is 0 Å². The third kappa shape index (κ3) is 2.11. The maximum absolute atomic E-state index is 11.0. The maximum Gasteiger partial charge on any atom is 0.0989 e. The Hall–Kier alpha value is -1.09. The SMILES string of the molecule is C[C@]12CCCCC1C(O)C[C@@H]1[C@@H]2CC[C@]2(C)C(n3ccnc3)=CC[C@@H]12. The molecule has 0 amide bonds. The largest absolute Gasteiger partial charge is 0.393 e. The van der Waals surface area contributed by atoms with E-state index in [-0.39, 0.29) is 11.5 Å². The van der Waals surface area contributed by atoms with E-state index in [1.165, 1.54) is 50.6 Å². The lowest BCUT2D eigenvalue weighted by molar-refractivity contribution is -0.149. The molecule has 25 heavy (non-hydrogen) atoms. The molecule has 136 valence electrons. The van der Waals surface area contributed by atoms with Crippen molar-refractivity contribution in [2.24, 2.45) is 34.5 Å². The molecule has 4 aliphatic carbocycles. The molecular weight excluding hydrogens is 308 g/mol. The normalized spacial score (nSPS) is 49.1. The second kappa shape index (κ2) is 5.45. The second-order valence-electron chi connectivity index (χ2n) is 9.79. The van der Waals surface area contributed by atoms with Crippen LogP contribution in [0, 0.1) is 34.5 Å². The standard InChI is InChI=1S/C22H32N2O/c1-21-9-4-3-5-18(21)19(25)13-15-16-6-7-20(24-12-11-23-14-24)22(16,2)10-8-17(15)21/h7,11-12,14-19,25H,3-6,8-10,13H2,1-2H3/t15-,16-,17-,18?,19?,21+,22-/m0/s1. The summed E-state index contributed by atoms with van der Waals surface area (Å²) in [5, 5.41) is 11.0. The Morgan fingerprint density at radius 3 is 2.80 bits per heavy atom. The fourth-order valence-electron chi connectivity index (χ4n) is 7.70. The summed E-state index contributed by atoms with van der Waals surface area (Å²) in [4.78, 5) is 4.28. The van der Waals surface area contributed by atoms with Crippen LogP contribution in [-0.4, -0.2) is 20.8 Å². The minimum absolute atomic E-state index is 0.0776. The minimum Gasteiger partial charge on any atom is -0.393 e. The van der Waals surface area contributed by atoms with Gasteiger partial charge in [-0.25, -0.2) is 4.98 Å². The number of allylic oxidation sites excluding steroid dienone is 2. The van der Waals surface area contributed by atoms with Crippen LogP contribution in [0.1, 0.15) is 65.2 Å². The van der Waals surface area contributed by atoms with Crippen molar-refractivity contribution in [1.82, 2.24) is 9.55 Å². The number of hydrogen-bond donors (Lipinski definition) is 1. The van der Waals surface area contributed by atoms with Crippen LogP contribution in [-0.2, 0) is 0 Å². The highest BCUT2D eigenvalue weighted by Crippen LogP contribution is 2.66. The molecule has 1 N–H and O–H groups in total. The van der Waals surface area contributed by atoms with Crippen LogP contribution < -0.4 is 0 Å². The zero-order valence-electron chi connectivity index (χ0n) is 15.7. The van der Waals surface area contributed by atoms with Gasteiger partial charge in [-0.05, 0) is 67.6 Å². The van der Waals surface area contributed by atoms with E-state index in [4.69, 9.17) is 0 Å². The van der Waals surface area contributed by atoms with E-state index < -0.39 is 0 Å². The average molecular weight is 341 g/mol. The van der Waals surface area contributed by atoms with E-state index in [2.05, 4.69) is 35.7 Å². The number of hydrogen-bond acceptors (Lipinski definition) is 2. The maximum atomic E-state index is 11.0. The van der Waals surface area contributed by atoms with Gasteiger partial charge in [0.2, 0.25) is 0 Å². The summed E-state index contributed by atoms with van der Waals surface area (Å²) in [6.07, 6.45) is 18.5. The highest BCUT2D eigenvalue weighted by atomic mass is 16.3. The molecule has 0 aliphatic heterocycles. The van der Waals surface area contributed by atoms with E-state index in [0.29, 0.717) is 23.2 Å². The summed E-state index contributed by atoms with van der Waals surface area (Å²) in [7, 11) is 0. The molecule has 1 aromatic heterocycles. The Labute approximate surface area is 151 Å². The average Bonchev–Trinajstić information content (AvgIpc) is 3.21. The second-order valence-corrected chi connectivity index (χ2v) is 9.79. The molecule has 3 nitrogen and oxygen atoms in total. The van der Waals surface area contributed by atoms with Gasteiger partial charge in [0.05, 0.1) is 12.4 Å². The molecule has 0 saturated heterocycles. The number of aromatic nitrogens is 2. The number of aliphatic hydroxyl groups is 1. The highest BCUT2D eigenvalue weighted by Gasteiger charge is 2.60. The monoisotopic (exact) mass is 340 g/mol. The molecule has 4 aliphatic rings. The van der Waals surface area contributed by atoms with Crippen molar-refractivity contribution >= 4 is 5.70 Å². The molecule has 0 aromatic carbocycles. The van der Waals surface area contributed by atoms with Crippen LogP contribution in [0.25, 0.3) is 5.70 Å². The third-order valence-electron chi connectivity index (χ3n) is 8.91. The molecule has 7 atom stereocenters.